The molecule has 4 unspecified atom stereocenters. The number of amides is 2. The largest absolute Gasteiger partial charge is 0.373 e. The highest BCUT2D eigenvalue weighted by molar-refractivity contribution is 5.88. The molecule has 2 aliphatic rings. The molecule has 26 heavy (non-hydrogen) atoms. The van der Waals surface area contributed by atoms with Gasteiger partial charge in [-0.25, -0.2) is 0 Å². The standard InChI is InChI=1S/C20H30N4O2/c1-12-6-4-8-14-10-16(23-18(12)14)20(26)24-15(11-17(25)21-3)19-13(2)7-5-9-22-19/h4,6,8,13,15-16,19,22-23H,5,7,9-11H2,1-3H3,(H,21,25)(H,24,26). The number of piperidine rings is 1. The van der Waals surface area contributed by atoms with Crippen LogP contribution < -0.4 is 21.3 Å². The van der Waals surface area contributed by atoms with E-state index < -0.39 is 0 Å². The van der Waals surface area contributed by atoms with Gasteiger partial charge in [-0.3, -0.25) is 9.59 Å². The smallest absolute Gasteiger partial charge is 0.243 e. The molecule has 3 rings (SSSR count). The third-order valence-corrected chi connectivity index (χ3v) is 5.69. The van der Waals surface area contributed by atoms with E-state index in [9.17, 15) is 9.59 Å². The molecule has 0 aliphatic carbocycles. The molecular weight excluding hydrogens is 328 g/mol. The van der Waals surface area contributed by atoms with Crippen molar-refractivity contribution in [2.75, 3.05) is 18.9 Å². The van der Waals surface area contributed by atoms with Crippen LogP contribution in [0.15, 0.2) is 18.2 Å². The topological polar surface area (TPSA) is 82.3 Å². The Labute approximate surface area is 155 Å². The number of fused-ring (bicyclic) bond motifs is 1. The van der Waals surface area contributed by atoms with Crippen LogP contribution in [0.4, 0.5) is 5.69 Å². The zero-order valence-corrected chi connectivity index (χ0v) is 15.9. The van der Waals surface area contributed by atoms with Gasteiger partial charge in [0.15, 0.2) is 0 Å². The Kier molecular flexibility index (Phi) is 5.81. The highest BCUT2D eigenvalue weighted by atomic mass is 16.2. The fourth-order valence-corrected chi connectivity index (χ4v) is 4.17. The van der Waals surface area contributed by atoms with Gasteiger partial charge in [-0.2, -0.15) is 0 Å². The van der Waals surface area contributed by atoms with Crippen LogP contribution in [0.1, 0.15) is 37.3 Å². The lowest BCUT2D eigenvalue weighted by Crippen LogP contribution is -2.58. The van der Waals surface area contributed by atoms with Gasteiger partial charge in [0.2, 0.25) is 11.8 Å². The van der Waals surface area contributed by atoms with Gasteiger partial charge in [-0.1, -0.05) is 25.1 Å². The predicted octanol–water partition coefficient (Wildman–Crippen LogP) is 1.34. The van der Waals surface area contributed by atoms with Crippen LogP contribution in [0.25, 0.3) is 0 Å². The SMILES string of the molecule is CNC(=O)CC(NC(=O)C1Cc2cccc(C)c2N1)C1NCCCC1C. The van der Waals surface area contributed by atoms with Crippen LogP contribution in [0.2, 0.25) is 0 Å². The third-order valence-electron chi connectivity index (χ3n) is 5.69. The Bertz CT molecular complexity index is 676. The number of nitrogens with one attached hydrogen (secondary N) is 4. The Balaban J connectivity index is 1.69. The van der Waals surface area contributed by atoms with E-state index >= 15 is 0 Å². The summed E-state index contributed by atoms with van der Waals surface area (Å²) >= 11 is 0. The van der Waals surface area contributed by atoms with E-state index in [1.54, 1.807) is 7.05 Å². The second-order valence-electron chi connectivity index (χ2n) is 7.60. The predicted molar refractivity (Wildman–Crippen MR) is 103 cm³/mol. The molecule has 0 aromatic heterocycles. The van der Waals surface area contributed by atoms with Crippen molar-refractivity contribution in [3.05, 3.63) is 29.3 Å². The van der Waals surface area contributed by atoms with E-state index in [0.29, 0.717) is 18.8 Å². The van der Waals surface area contributed by atoms with Crippen LogP contribution in [0.3, 0.4) is 0 Å². The van der Waals surface area contributed by atoms with E-state index in [4.69, 9.17) is 0 Å². The molecule has 142 valence electrons. The van der Waals surface area contributed by atoms with Gasteiger partial charge in [0, 0.05) is 31.6 Å². The molecule has 0 saturated carbocycles. The van der Waals surface area contributed by atoms with Crippen molar-refractivity contribution in [3.63, 3.8) is 0 Å². The number of carbonyl (C=O) groups excluding carboxylic acids is 2. The minimum atomic E-state index is -0.280. The molecule has 1 aromatic carbocycles. The highest BCUT2D eigenvalue weighted by Gasteiger charge is 2.34. The number of anilines is 1. The van der Waals surface area contributed by atoms with Gasteiger partial charge in [-0.05, 0) is 43.4 Å². The number of rotatable bonds is 5. The summed E-state index contributed by atoms with van der Waals surface area (Å²) in [5, 5.41) is 12.7. The van der Waals surface area contributed by atoms with Crippen LogP contribution in [-0.2, 0) is 16.0 Å². The molecule has 6 nitrogen and oxygen atoms in total. The molecular formula is C20H30N4O2. The van der Waals surface area contributed by atoms with Crippen LogP contribution in [-0.4, -0.2) is 43.5 Å². The average Bonchev–Trinajstić information content (AvgIpc) is 3.07. The van der Waals surface area contributed by atoms with Crippen molar-refractivity contribution in [3.8, 4) is 0 Å². The maximum Gasteiger partial charge on any atom is 0.243 e. The van der Waals surface area contributed by atoms with Gasteiger partial charge in [0.05, 0.1) is 6.04 Å². The first kappa shape index (κ1) is 18.7. The number of hydrogen-bond acceptors (Lipinski definition) is 4. The summed E-state index contributed by atoms with van der Waals surface area (Å²) in [4.78, 5) is 24.9. The summed E-state index contributed by atoms with van der Waals surface area (Å²) in [5.74, 6) is 0.345. The quantitative estimate of drug-likeness (QED) is 0.640. The van der Waals surface area contributed by atoms with Gasteiger partial charge in [-0.15, -0.1) is 0 Å². The summed E-state index contributed by atoms with van der Waals surface area (Å²) in [6, 6.07) is 5.78. The number of benzene rings is 1. The molecule has 2 heterocycles. The number of hydrogen-bond donors (Lipinski definition) is 4. The molecule has 1 fully saturated rings. The third kappa shape index (κ3) is 4.01. The molecule has 0 spiro atoms. The second-order valence-corrected chi connectivity index (χ2v) is 7.60. The Morgan fingerprint density at radius 3 is 2.85 bits per heavy atom. The molecule has 4 atom stereocenters. The molecule has 1 saturated heterocycles. The maximum atomic E-state index is 12.9. The van der Waals surface area contributed by atoms with E-state index in [1.165, 1.54) is 5.56 Å². The van der Waals surface area contributed by atoms with Crippen LogP contribution >= 0.6 is 0 Å². The summed E-state index contributed by atoms with van der Waals surface area (Å²) in [6.07, 6.45) is 3.23. The Morgan fingerprint density at radius 2 is 2.15 bits per heavy atom. The number of para-hydroxylation sites is 1. The lowest BCUT2D eigenvalue weighted by molar-refractivity contribution is -0.124. The molecule has 4 N–H and O–H groups in total. The Morgan fingerprint density at radius 1 is 1.35 bits per heavy atom. The van der Waals surface area contributed by atoms with Crippen molar-refractivity contribution in [2.24, 2.45) is 5.92 Å². The fourth-order valence-electron chi connectivity index (χ4n) is 4.17. The zero-order valence-electron chi connectivity index (χ0n) is 15.9. The van der Waals surface area contributed by atoms with Crippen molar-refractivity contribution >= 4 is 17.5 Å². The minimum absolute atomic E-state index is 0.0333. The summed E-state index contributed by atoms with van der Waals surface area (Å²) in [5.41, 5.74) is 3.40. The molecule has 6 heteroatoms. The van der Waals surface area contributed by atoms with Crippen molar-refractivity contribution in [1.29, 1.82) is 0 Å². The normalized spacial score (nSPS) is 25.7. The van der Waals surface area contributed by atoms with Crippen LogP contribution in [0, 0.1) is 12.8 Å². The zero-order chi connectivity index (χ0) is 18.7. The molecule has 0 radical (unpaired) electrons. The van der Waals surface area contributed by atoms with Gasteiger partial charge in [0.1, 0.15) is 6.04 Å². The molecule has 0 bridgehead atoms. The fraction of sp³-hybridized carbons (Fsp3) is 0.600. The number of carbonyl (C=O) groups is 2. The summed E-state index contributed by atoms with van der Waals surface area (Å²) in [6.45, 7) is 5.17. The van der Waals surface area contributed by atoms with E-state index in [2.05, 4.69) is 34.3 Å². The first-order chi connectivity index (χ1) is 12.5. The van der Waals surface area contributed by atoms with E-state index in [0.717, 1.165) is 30.6 Å². The molecule has 1 aromatic rings. The first-order valence-electron chi connectivity index (χ1n) is 9.59. The monoisotopic (exact) mass is 358 g/mol. The lowest BCUT2D eigenvalue weighted by atomic mass is 9.86. The van der Waals surface area contributed by atoms with Gasteiger partial charge >= 0.3 is 0 Å². The van der Waals surface area contributed by atoms with Crippen molar-refractivity contribution in [2.45, 2.75) is 57.7 Å². The highest BCUT2D eigenvalue weighted by Crippen LogP contribution is 2.29. The van der Waals surface area contributed by atoms with Crippen molar-refractivity contribution < 1.29 is 9.59 Å². The second kappa shape index (κ2) is 8.08. The molecule has 2 amide bonds. The van der Waals surface area contributed by atoms with Crippen LogP contribution in [0.5, 0.6) is 0 Å². The number of aryl methyl sites for hydroxylation is 1. The summed E-state index contributed by atoms with van der Waals surface area (Å²) in [7, 11) is 1.64. The summed E-state index contributed by atoms with van der Waals surface area (Å²) < 4.78 is 0. The van der Waals surface area contributed by atoms with E-state index in [1.807, 2.05) is 19.1 Å². The average molecular weight is 358 g/mol. The van der Waals surface area contributed by atoms with Gasteiger partial charge in [0.25, 0.3) is 0 Å². The minimum Gasteiger partial charge on any atom is -0.373 e. The van der Waals surface area contributed by atoms with Gasteiger partial charge < -0.3 is 21.3 Å². The van der Waals surface area contributed by atoms with Crippen molar-refractivity contribution in [1.82, 2.24) is 16.0 Å². The Hall–Kier alpha value is -2.08. The first-order valence-corrected chi connectivity index (χ1v) is 9.59. The maximum absolute atomic E-state index is 12.9. The molecule has 2 aliphatic heterocycles. The van der Waals surface area contributed by atoms with E-state index in [-0.39, 0.29) is 29.9 Å². The lowest BCUT2D eigenvalue weighted by Gasteiger charge is -2.37.